The highest BCUT2D eigenvalue weighted by Crippen LogP contribution is 2.31. The number of ether oxygens (including phenoxy) is 1. The van der Waals surface area contributed by atoms with Crippen LogP contribution in [0.4, 0.5) is 13.2 Å². The molecule has 2 atom stereocenters. The summed E-state index contributed by atoms with van der Waals surface area (Å²) in [5.41, 5.74) is 0.0642. The van der Waals surface area contributed by atoms with Crippen molar-refractivity contribution < 1.29 is 40.6 Å². The smallest absolute Gasteiger partial charge is 0.502 e. The summed E-state index contributed by atoms with van der Waals surface area (Å²) < 4.78 is 77.6. The Morgan fingerprint density at radius 1 is 1.00 bits per heavy atom. The number of carbonyl (C=O) groups excluding carboxylic acids is 2. The van der Waals surface area contributed by atoms with E-state index in [-0.39, 0.29) is 10.5 Å². The number of hydrogen-bond acceptors (Lipinski definition) is 6. The van der Waals surface area contributed by atoms with Crippen LogP contribution in [0, 0.1) is 6.92 Å². The van der Waals surface area contributed by atoms with Crippen LogP contribution < -0.4 is 5.46 Å². The molecule has 1 heterocycles. The summed E-state index contributed by atoms with van der Waals surface area (Å²) >= 11 is 0. The van der Waals surface area contributed by atoms with Gasteiger partial charge < -0.3 is 9.39 Å². The van der Waals surface area contributed by atoms with Gasteiger partial charge >= 0.3 is 25.2 Å². The number of alkyl halides is 3. The molecule has 0 aromatic heterocycles. The first-order chi connectivity index (χ1) is 17.4. The largest absolute Gasteiger partial charge is 0.514 e. The van der Waals surface area contributed by atoms with Crippen molar-refractivity contribution in [3.8, 4) is 0 Å². The SMILES string of the molecule is Cc1ccc(S(=O)(=O)N2B(c3ccccc3)OC(=O)[C@@H]2[C@H](C)OC(=O)c2ccc(C(F)(F)F)cc2)cc1. The average Bonchev–Trinajstić information content (AvgIpc) is 3.22. The van der Waals surface area contributed by atoms with E-state index in [9.17, 15) is 31.2 Å². The molecule has 0 bridgehead atoms. The maximum atomic E-state index is 13.7. The van der Waals surface area contributed by atoms with Crippen molar-refractivity contribution in [3.05, 3.63) is 95.6 Å². The molecule has 1 aliphatic heterocycles. The second-order valence-corrected chi connectivity index (χ2v) is 10.3. The first-order valence-electron chi connectivity index (χ1n) is 11.1. The van der Waals surface area contributed by atoms with Crippen molar-refractivity contribution in [3.63, 3.8) is 0 Å². The van der Waals surface area contributed by atoms with Gasteiger partial charge in [0, 0.05) is 0 Å². The minimum atomic E-state index is -4.58. The number of hydrogen-bond donors (Lipinski definition) is 0. The highest BCUT2D eigenvalue weighted by atomic mass is 32.2. The Kier molecular flexibility index (Phi) is 7.16. The van der Waals surface area contributed by atoms with Gasteiger partial charge in [-0.25, -0.2) is 13.2 Å². The maximum absolute atomic E-state index is 13.7. The zero-order valence-electron chi connectivity index (χ0n) is 19.7. The second kappa shape index (κ2) is 10.0. The van der Waals surface area contributed by atoms with Crippen LogP contribution in [0.3, 0.4) is 0 Å². The summed E-state index contributed by atoms with van der Waals surface area (Å²) in [6.45, 7) is 3.11. The molecule has 37 heavy (non-hydrogen) atoms. The molecule has 0 spiro atoms. The molecule has 0 aliphatic carbocycles. The number of aryl methyl sites for hydroxylation is 1. The number of esters is 1. The van der Waals surface area contributed by atoms with Crippen LogP contribution in [0.25, 0.3) is 0 Å². The van der Waals surface area contributed by atoms with Crippen LogP contribution in [-0.2, 0) is 30.4 Å². The maximum Gasteiger partial charge on any atom is 0.502 e. The monoisotopic (exact) mass is 531 g/mol. The lowest BCUT2D eigenvalue weighted by atomic mass is 9.74. The molecule has 1 fully saturated rings. The Morgan fingerprint density at radius 2 is 1.59 bits per heavy atom. The van der Waals surface area contributed by atoms with Gasteiger partial charge in [0.05, 0.1) is 16.0 Å². The van der Waals surface area contributed by atoms with Crippen molar-refractivity contribution in [2.24, 2.45) is 0 Å². The summed E-state index contributed by atoms with van der Waals surface area (Å²) in [4.78, 5) is 25.5. The molecule has 12 heteroatoms. The number of halogens is 3. The van der Waals surface area contributed by atoms with Gasteiger partial charge in [-0.1, -0.05) is 48.0 Å². The van der Waals surface area contributed by atoms with Crippen LogP contribution in [0.15, 0.2) is 83.8 Å². The van der Waals surface area contributed by atoms with Gasteiger partial charge in [-0.15, -0.1) is 0 Å². The molecule has 0 radical (unpaired) electrons. The van der Waals surface area contributed by atoms with Crippen molar-refractivity contribution in [1.29, 1.82) is 0 Å². The zero-order valence-corrected chi connectivity index (χ0v) is 20.5. The predicted octanol–water partition coefficient (Wildman–Crippen LogP) is 3.57. The number of nitrogens with zero attached hydrogens (tertiary/aromatic N) is 1. The highest BCUT2D eigenvalue weighted by molar-refractivity contribution is 7.90. The minimum absolute atomic E-state index is 0.0939. The summed E-state index contributed by atoms with van der Waals surface area (Å²) in [5, 5.41) is 0. The quantitative estimate of drug-likeness (QED) is 0.357. The van der Waals surface area contributed by atoms with E-state index in [0.717, 1.165) is 34.0 Å². The Hall–Kier alpha value is -3.64. The molecule has 192 valence electrons. The summed E-state index contributed by atoms with van der Waals surface area (Å²) in [5.74, 6) is -1.96. The van der Waals surface area contributed by atoms with Gasteiger partial charge in [0.1, 0.15) is 6.10 Å². The summed E-state index contributed by atoms with van der Waals surface area (Å²) in [6, 6.07) is 16.0. The standard InChI is InChI=1S/C25H21BF3NO6S/c1-16-8-14-21(15-9-16)37(33,34)30-22(24(32)36-26(30)20-6-4-3-5-7-20)17(2)35-23(31)18-10-12-19(13-11-18)25(27,28)29/h3-15,17,22H,1-2H3/t17-,22-/m0/s1. The van der Waals surface area contributed by atoms with Crippen molar-refractivity contribution >= 4 is 34.5 Å². The van der Waals surface area contributed by atoms with E-state index >= 15 is 0 Å². The van der Waals surface area contributed by atoms with Crippen LogP contribution in [0.1, 0.15) is 28.4 Å². The van der Waals surface area contributed by atoms with Gasteiger partial charge in [0.25, 0.3) is 0 Å². The Labute approximate surface area is 212 Å². The first kappa shape index (κ1) is 26.4. The molecule has 1 saturated heterocycles. The van der Waals surface area contributed by atoms with Crippen molar-refractivity contribution in [2.75, 3.05) is 0 Å². The van der Waals surface area contributed by atoms with Crippen LogP contribution >= 0.6 is 0 Å². The van der Waals surface area contributed by atoms with E-state index in [4.69, 9.17) is 9.39 Å². The highest BCUT2D eigenvalue weighted by Gasteiger charge is 2.56. The molecule has 0 saturated carbocycles. The van der Waals surface area contributed by atoms with Gasteiger partial charge in [-0.3, -0.25) is 4.79 Å². The van der Waals surface area contributed by atoms with E-state index in [0.29, 0.717) is 5.46 Å². The van der Waals surface area contributed by atoms with Crippen molar-refractivity contribution in [2.45, 2.75) is 37.1 Å². The summed E-state index contributed by atoms with van der Waals surface area (Å²) in [6.07, 6.45) is -5.92. The molecule has 0 N–H and O–H groups in total. The predicted molar refractivity (Wildman–Crippen MR) is 128 cm³/mol. The molecule has 1 aliphatic rings. The molecule has 3 aromatic carbocycles. The number of rotatable bonds is 6. The minimum Gasteiger partial charge on any atom is -0.514 e. The fourth-order valence-corrected chi connectivity index (χ4v) is 5.61. The number of sulfonamides is 1. The molecular weight excluding hydrogens is 510 g/mol. The molecule has 4 rings (SSSR count). The molecular formula is C25H21BF3NO6S. The Balaban J connectivity index is 1.67. The molecule has 0 amide bonds. The fourth-order valence-electron chi connectivity index (χ4n) is 3.92. The second-order valence-electron chi connectivity index (χ2n) is 8.48. The van der Waals surface area contributed by atoms with E-state index in [2.05, 4.69) is 0 Å². The van der Waals surface area contributed by atoms with Gasteiger partial charge in [0.2, 0.25) is 10.0 Å². The molecule has 7 nitrogen and oxygen atoms in total. The van der Waals surface area contributed by atoms with Crippen molar-refractivity contribution in [1.82, 2.24) is 4.22 Å². The van der Waals surface area contributed by atoms with Gasteiger partial charge in [0.15, 0.2) is 6.04 Å². The van der Waals surface area contributed by atoms with Gasteiger partial charge in [-0.05, 0) is 55.7 Å². The third kappa shape index (κ3) is 5.40. The Bertz CT molecular complexity index is 1400. The number of benzene rings is 3. The zero-order chi connectivity index (χ0) is 27.0. The number of carbonyl (C=O) groups is 2. The summed E-state index contributed by atoms with van der Waals surface area (Å²) in [7, 11) is -5.65. The van der Waals surface area contributed by atoms with E-state index in [1.807, 2.05) is 0 Å². The lowest BCUT2D eigenvalue weighted by molar-refractivity contribution is -0.138. The topological polar surface area (TPSA) is 90.0 Å². The fraction of sp³-hybridized carbons (Fsp3) is 0.200. The van der Waals surface area contributed by atoms with Crippen LogP contribution in [0.2, 0.25) is 0 Å². The third-order valence-electron chi connectivity index (χ3n) is 5.84. The van der Waals surface area contributed by atoms with E-state index < -0.39 is 52.9 Å². The lowest BCUT2D eigenvalue weighted by Gasteiger charge is -2.27. The van der Waals surface area contributed by atoms with Gasteiger partial charge in [-0.2, -0.15) is 17.4 Å². The van der Waals surface area contributed by atoms with Crippen LogP contribution in [0.5, 0.6) is 0 Å². The first-order valence-corrected chi connectivity index (χ1v) is 12.6. The van der Waals surface area contributed by atoms with E-state index in [1.54, 1.807) is 49.4 Å². The Morgan fingerprint density at radius 3 is 2.16 bits per heavy atom. The van der Waals surface area contributed by atoms with Crippen LogP contribution in [-0.4, -0.2) is 43.8 Å². The molecule has 0 unspecified atom stereocenters. The average molecular weight is 531 g/mol. The normalized spacial score (nSPS) is 17.4. The third-order valence-corrected chi connectivity index (χ3v) is 7.68. The van der Waals surface area contributed by atoms with E-state index in [1.165, 1.54) is 19.1 Å². The lowest BCUT2D eigenvalue weighted by Crippen LogP contribution is -2.54. The molecule has 3 aromatic rings.